The monoisotopic (exact) mass is 2000 g/mol. The highest BCUT2D eigenvalue weighted by atomic mass is 32.2. The number of oxazole rings is 5. The van der Waals surface area contributed by atoms with Crippen LogP contribution in [0.25, 0.3) is 139 Å². The molecule has 15 aromatic heterocycles. The minimum absolute atomic E-state index is 0.00213. The Morgan fingerprint density at radius 2 is 0.562 bits per heavy atom. The van der Waals surface area contributed by atoms with E-state index in [9.17, 15) is 45.6 Å². The van der Waals surface area contributed by atoms with Gasteiger partial charge < -0.3 is 61.5 Å². The summed E-state index contributed by atoms with van der Waals surface area (Å²) >= 11 is 0. The number of hydrogen-bond acceptors (Lipinski definition) is 27. The van der Waals surface area contributed by atoms with Gasteiger partial charge in [-0.1, -0.05) is 30.3 Å². The SMILES string of the molecule is CC(=O)N1CCN(C(=O)c2cnc3ccc(-c4ccc5oc(C)nc5c4)cn23)CC1.Cc1nc2cc(-c3ccc4ncc(C(=O)N5CCN(S(C)(=O)=O)CC5)n4c3)ccc2o1.Cc1nc2cc(-c3ccc4ncc(C(=O)N5CCNCC5)n4c3)ccc2o1.Cc1nc2cc(-c3ccc4ncc(C(=O)N5CCS(=O)(=O)CC5)n4c3)ccc2o1.Cc1nc2cc(-c3ccc4ncc(C(=O)N5C[C@@H](C)O[C@@H](C)C5)n4c3)ccc2o1. The first-order valence-corrected chi connectivity index (χ1v) is 51.5. The summed E-state index contributed by atoms with van der Waals surface area (Å²) in [7, 11) is -6.30. The lowest BCUT2D eigenvalue weighted by atomic mass is 10.1. The molecule has 20 aromatic rings. The summed E-state index contributed by atoms with van der Waals surface area (Å²) in [6.07, 6.45) is 18.9. The second-order valence-corrected chi connectivity index (χ2v) is 41.0. The van der Waals surface area contributed by atoms with Gasteiger partial charge in [-0.05, 0) is 191 Å². The molecule has 25 rings (SSSR count). The van der Waals surface area contributed by atoms with Crippen LogP contribution in [-0.2, 0) is 29.4 Å². The molecule has 41 heteroatoms. The zero-order valence-electron chi connectivity index (χ0n) is 81.3. The first-order valence-electron chi connectivity index (χ1n) is 47.8. The molecule has 39 nitrogen and oxygen atoms in total. The molecule has 5 aromatic carbocycles. The van der Waals surface area contributed by atoms with E-state index < -0.39 is 19.9 Å². The number of carbonyl (C=O) groups excluding carboxylic acids is 6. The van der Waals surface area contributed by atoms with Crippen LogP contribution in [0.1, 0.15) is 103 Å². The fourth-order valence-corrected chi connectivity index (χ4v) is 21.1. The average Bonchev–Trinajstić information content (AvgIpc) is 1.59. The van der Waals surface area contributed by atoms with Crippen molar-refractivity contribution in [2.24, 2.45) is 0 Å². The maximum absolute atomic E-state index is 13.2. The quantitative estimate of drug-likeness (QED) is 0.126. The third-order valence-corrected chi connectivity index (χ3v) is 29.4. The molecular formula is C105H101N23O16S2. The molecule has 146 heavy (non-hydrogen) atoms. The van der Waals surface area contributed by atoms with Crippen molar-refractivity contribution in [3.63, 3.8) is 0 Å². The molecule has 0 bridgehead atoms. The van der Waals surface area contributed by atoms with Gasteiger partial charge in [0.1, 0.15) is 84.3 Å². The standard InChI is InChI=1S/C22H21N5O3.C22H22N4O3.C21H21N5O4S.C20H19N5O2.C20H18N4O4S/c1-14-24-18-11-16(3-5-20(18)30-14)17-4-6-21-23-12-19(27(21)13-17)22(29)26-9-7-25(8-10-26)15(2)28;1-13-10-25(11-14(2)28-13)22(27)19-9-23-21-7-5-17(12-26(19)21)16-4-6-20-18(8-16)24-15(3)29-20;1-14-23-17-11-15(3-5-19(17)30-14)16-4-6-20-22-12-18(26(20)13-16)21(27)24-7-9-25(10-8-24)31(2,28)29;1-13-23-16-10-14(2-4-18(16)27-13)15-3-5-19-22-11-17(25(19)12-15)20(26)24-8-6-21-7-9-24;1-13-22-16-10-14(2-4-18(16)28-13)15-3-5-19-21-11-17(24(19)12-15)20(25)23-6-8-29(26,27)9-7-23/h3-6,11-13H,7-10H2,1-2H3;4-9,12-14H,10-11H2,1-3H3;3-6,11-13H,7-10H2,1-2H3;2-5,10-12,21H,6-9H2,1H3;2-5,10-12H,6-9H2,1H3/t;13-,14+;;;. The lowest BCUT2D eigenvalue weighted by Gasteiger charge is -2.35. The molecule has 1 N–H and O–H groups in total. The van der Waals surface area contributed by atoms with E-state index in [1.807, 2.05) is 247 Å². The number of rotatable bonds is 11. The molecule has 0 aliphatic carbocycles. The number of carbonyl (C=O) groups is 6. The van der Waals surface area contributed by atoms with E-state index >= 15 is 0 Å². The van der Waals surface area contributed by atoms with Crippen molar-refractivity contribution in [1.29, 1.82) is 0 Å². The Hall–Kier alpha value is -16.5. The fraction of sp³-hybridized carbons (Fsp3) is 0.276. The number of fused-ring (bicyclic) bond motifs is 10. The van der Waals surface area contributed by atoms with Crippen LogP contribution in [-0.4, -0.2) is 293 Å². The summed E-state index contributed by atoms with van der Waals surface area (Å²) in [5, 5.41) is 3.27. The molecule has 6 amide bonds. The van der Waals surface area contributed by atoms with Gasteiger partial charge in [0.05, 0.1) is 61.0 Å². The molecule has 0 radical (unpaired) electrons. The summed E-state index contributed by atoms with van der Waals surface area (Å²) in [4.78, 5) is 131. The number of sulfone groups is 1. The number of pyridine rings is 5. The van der Waals surface area contributed by atoms with Crippen LogP contribution in [0, 0.1) is 34.6 Å². The van der Waals surface area contributed by atoms with Gasteiger partial charge in [0, 0.05) is 177 Å². The number of hydrogen-bond donors (Lipinski definition) is 1. The van der Waals surface area contributed by atoms with Crippen molar-refractivity contribution in [1.82, 2.24) is 111 Å². The van der Waals surface area contributed by atoms with Crippen molar-refractivity contribution in [3.05, 3.63) is 272 Å². The van der Waals surface area contributed by atoms with E-state index in [0.717, 1.165) is 136 Å². The third-order valence-electron chi connectivity index (χ3n) is 26.5. The number of nitrogens with zero attached hydrogens (tertiary/aromatic N) is 22. The highest BCUT2D eigenvalue weighted by Crippen LogP contribution is 2.34. The number of nitrogens with one attached hydrogen (secondary N) is 1. The zero-order valence-corrected chi connectivity index (χ0v) is 82.9. The molecule has 5 fully saturated rings. The first-order chi connectivity index (χ1) is 70.3. The summed E-state index contributed by atoms with van der Waals surface area (Å²) in [6.45, 7) is 22.7. The molecule has 0 saturated carbocycles. The predicted octanol–water partition coefficient (Wildman–Crippen LogP) is 13.4. The van der Waals surface area contributed by atoms with E-state index in [1.165, 1.54) is 16.8 Å². The molecule has 0 unspecified atom stereocenters. The predicted molar refractivity (Wildman–Crippen MR) is 544 cm³/mol. The fourth-order valence-electron chi connectivity index (χ4n) is 19.0. The Labute approximate surface area is 834 Å². The number of piperazine rings is 3. The van der Waals surface area contributed by atoms with Crippen LogP contribution < -0.4 is 5.32 Å². The number of morpholine rings is 1. The number of ether oxygens (including phenoxy) is 1. The normalized spacial score (nSPS) is 16.3. The largest absolute Gasteiger partial charge is 0.441 e. The second kappa shape index (κ2) is 39.3. The van der Waals surface area contributed by atoms with E-state index in [1.54, 1.807) is 67.0 Å². The molecule has 0 spiro atoms. The van der Waals surface area contributed by atoms with Crippen LogP contribution in [0.15, 0.2) is 236 Å². The lowest BCUT2D eigenvalue weighted by molar-refractivity contribution is -0.130. The van der Waals surface area contributed by atoms with Crippen LogP contribution in [0.4, 0.5) is 0 Å². The highest BCUT2D eigenvalue weighted by molar-refractivity contribution is 7.91. The number of aromatic nitrogens is 15. The van der Waals surface area contributed by atoms with Crippen LogP contribution in [0.5, 0.6) is 0 Å². The van der Waals surface area contributed by atoms with Crippen LogP contribution in [0.3, 0.4) is 0 Å². The first kappa shape index (κ1) is 95.7. The van der Waals surface area contributed by atoms with Crippen LogP contribution in [0.2, 0.25) is 0 Å². The maximum Gasteiger partial charge on any atom is 0.272 e. The summed E-state index contributed by atoms with van der Waals surface area (Å²) in [5.41, 5.74) is 23.5. The van der Waals surface area contributed by atoms with Gasteiger partial charge in [0.25, 0.3) is 29.5 Å². The van der Waals surface area contributed by atoms with Crippen molar-refractivity contribution in [2.75, 3.05) is 122 Å². The Bertz CT molecular complexity index is 8760. The summed E-state index contributed by atoms with van der Waals surface area (Å²) in [5.74, 6) is 2.71. The summed E-state index contributed by atoms with van der Waals surface area (Å²) < 4.78 is 90.7. The van der Waals surface area contributed by atoms with Crippen molar-refractivity contribution in [2.45, 2.75) is 67.6 Å². The van der Waals surface area contributed by atoms with Gasteiger partial charge in [-0.2, -0.15) is 4.31 Å². The van der Waals surface area contributed by atoms with Gasteiger partial charge in [-0.3, -0.25) is 50.8 Å². The molecule has 5 aliphatic heterocycles. The third kappa shape index (κ3) is 19.9. The van der Waals surface area contributed by atoms with E-state index in [2.05, 4.69) is 55.2 Å². The number of imidazole rings is 5. The van der Waals surface area contributed by atoms with Gasteiger partial charge in [0.15, 0.2) is 67.2 Å². The number of amides is 6. The maximum atomic E-state index is 13.2. The lowest BCUT2D eigenvalue weighted by Crippen LogP contribution is -2.50. The van der Waals surface area contributed by atoms with Crippen molar-refractivity contribution in [3.8, 4) is 55.6 Å². The Kier molecular flexibility index (Phi) is 25.8. The molecule has 5 aliphatic rings. The molecule has 744 valence electrons. The van der Waals surface area contributed by atoms with Gasteiger partial charge >= 0.3 is 0 Å². The minimum Gasteiger partial charge on any atom is -0.441 e. The average molecular weight is 2010 g/mol. The second-order valence-electron chi connectivity index (χ2n) is 36.7. The number of benzene rings is 5. The zero-order chi connectivity index (χ0) is 101. The molecule has 20 heterocycles. The number of aryl methyl sites for hydroxylation is 5. The smallest absolute Gasteiger partial charge is 0.272 e. The minimum atomic E-state index is -3.25. The van der Waals surface area contributed by atoms with Crippen molar-refractivity contribution < 1.29 is 72.4 Å². The number of sulfonamides is 1. The summed E-state index contributed by atoms with van der Waals surface area (Å²) in [6, 6.07) is 48.6. The van der Waals surface area contributed by atoms with Gasteiger partial charge in [0.2, 0.25) is 15.9 Å². The Morgan fingerprint density at radius 1 is 0.322 bits per heavy atom. The van der Waals surface area contributed by atoms with Gasteiger partial charge in [-0.15, -0.1) is 0 Å². The van der Waals surface area contributed by atoms with Crippen LogP contribution >= 0.6 is 0 Å². The van der Waals surface area contributed by atoms with Crippen molar-refractivity contribution >= 4 is 139 Å². The Morgan fingerprint density at radius 3 is 0.829 bits per heavy atom. The van der Waals surface area contributed by atoms with E-state index in [0.29, 0.717) is 153 Å². The topological polar surface area (TPSA) is 431 Å². The Balaban J connectivity index is 0.000000107. The molecular weight excluding hydrogens is 1900 g/mol. The van der Waals surface area contributed by atoms with E-state index in [4.69, 9.17) is 26.8 Å². The van der Waals surface area contributed by atoms with E-state index in [-0.39, 0.29) is 72.2 Å². The van der Waals surface area contributed by atoms with Gasteiger partial charge in [-0.25, -0.2) is 66.7 Å². The molecule has 2 atom stereocenters. The molecule has 5 saturated heterocycles. The highest BCUT2D eigenvalue weighted by Gasteiger charge is 2.34.